The summed E-state index contributed by atoms with van der Waals surface area (Å²) in [4.78, 5) is 34.5. The minimum Gasteiger partial charge on any atom is -0.369 e. The molecule has 42 heavy (non-hydrogen) atoms. The van der Waals surface area contributed by atoms with Crippen LogP contribution in [0.2, 0.25) is 0 Å². The second-order valence-electron chi connectivity index (χ2n) is 11.5. The number of nitrogens with zero attached hydrogens (tertiary/aromatic N) is 2. The minimum atomic E-state index is -0.990. The molecule has 0 bridgehead atoms. The number of amides is 1. The highest BCUT2D eigenvalue weighted by Gasteiger charge is 2.34. The summed E-state index contributed by atoms with van der Waals surface area (Å²) in [6, 6.07) is 6.00. The van der Waals surface area contributed by atoms with Crippen molar-refractivity contribution in [3.05, 3.63) is 73.6 Å². The van der Waals surface area contributed by atoms with Gasteiger partial charge in [-0.2, -0.15) is 0 Å². The fourth-order valence-corrected chi connectivity index (χ4v) is 8.83. The van der Waals surface area contributed by atoms with Crippen LogP contribution < -0.4 is 5.73 Å². The number of carbonyl (C=O) groups excluding carboxylic acids is 2. The second kappa shape index (κ2) is 11.3. The van der Waals surface area contributed by atoms with Crippen LogP contribution in [0.15, 0.2) is 30.9 Å². The molecule has 0 spiro atoms. The molecule has 6 rings (SSSR count). The molecule has 1 aliphatic carbocycles. The van der Waals surface area contributed by atoms with Gasteiger partial charge >= 0.3 is 5.97 Å². The van der Waals surface area contributed by atoms with Gasteiger partial charge in [-0.15, -0.1) is 22.7 Å². The van der Waals surface area contributed by atoms with Gasteiger partial charge in [-0.1, -0.05) is 50.1 Å². The monoisotopic (exact) mass is 603 g/mol. The van der Waals surface area contributed by atoms with Crippen LogP contribution in [0.25, 0.3) is 33.1 Å². The third-order valence-corrected chi connectivity index (χ3v) is 11.1. The van der Waals surface area contributed by atoms with E-state index in [0.29, 0.717) is 18.9 Å². The largest absolute Gasteiger partial charge is 0.389 e. The number of halogens is 1. The van der Waals surface area contributed by atoms with Crippen molar-refractivity contribution in [3.63, 3.8) is 0 Å². The Balaban J connectivity index is 1.58. The highest BCUT2D eigenvalue weighted by molar-refractivity contribution is 7.21. The zero-order valence-electron chi connectivity index (χ0n) is 24.1. The normalized spacial score (nSPS) is 17.3. The molecule has 1 fully saturated rings. The maximum atomic E-state index is 12.9. The first kappa shape index (κ1) is 28.6. The van der Waals surface area contributed by atoms with Crippen LogP contribution in [0.3, 0.4) is 0 Å². The third kappa shape index (κ3) is 4.92. The Morgan fingerprint density at radius 2 is 1.93 bits per heavy atom. The number of thiophene rings is 1. The molecule has 1 unspecified atom stereocenters. The lowest BCUT2D eigenvalue weighted by Gasteiger charge is -2.24. The van der Waals surface area contributed by atoms with Crippen LogP contribution >= 0.6 is 22.7 Å². The molecule has 1 atom stereocenters. The smallest absolute Gasteiger partial charge is 0.369 e. The molecule has 6 nitrogen and oxygen atoms in total. The number of fused-ring (bicyclic) bond motifs is 5. The van der Waals surface area contributed by atoms with Gasteiger partial charge in [0.25, 0.3) is 0 Å². The fraction of sp³-hybridized carbons (Fsp3) is 0.364. The van der Waals surface area contributed by atoms with E-state index in [1.165, 1.54) is 23.3 Å². The summed E-state index contributed by atoms with van der Waals surface area (Å²) >= 11 is 2.91. The molecule has 3 aromatic heterocycles. The van der Waals surface area contributed by atoms with Gasteiger partial charge in [0.1, 0.15) is 4.88 Å². The van der Waals surface area contributed by atoms with Crippen molar-refractivity contribution in [3.8, 4) is 11.3 Å². The number of rotatable bonds is 6. The van der Waals surface area contributed by atoms with Crippen molar-refractivity contribution >= 4 is 56.4 Å². The van der Waals surface area contributed by atoms with E-state index in [4.69, 9.17) is 5.73 Å². The number of primary amides is 1. The molecule has 1 amide bonds. The van der Waals surface area contributed by atoms with E-state index in [-0.39, 0.29) is 10.8 Å². The van der Waals surface area contributed by atoms with Crippen LogP contribution in [-0.4, -0.2) is 21.4 Å². The lowest BCUT2D eigenvalue weighted by molar-refractivity contribution is -0.122. The Kier molecular flexibility index (Phi) is 7.66. The van der Waals surface area contributed by atoms with Gasteiger partial charge in [0.05, 0.1) is 37.4 Å². The molecule has 218 valence electrons. The van der Waals surface area contributed by atoms with E-state index < -0.39 is 11.9 Å². The van der Waals surface area contributed by atoms with Crippen molar-refractivity contribution in [1.29, 1.82) is 0 Å². The Morgan fingerprint density at radius 1 is 1.17 bits per heavy atom. The van der Waals surface area contributed by atoms with Gasteiger partial charge < -0.3 is 10.3 Å². The summed E-state index contributed by atoms with van der Waals surface area (Å²) in [5, 5.41) is 1.00. The summed E-state index contributed by atoms with van der Waals surface area (Å²) in [5.41, 5.74) is 15.3. The number of nitrogens with two attached hydrogens (primary N) is 1. The number of benzene rings is 1. The summed E-state index contributed by atoms with van der Waals surface area (Å²) in [5.74, 6) is -1.51. The average Bonchev–Trinajstić information content (AvgIpc) is 3.60. The maximum absolute atomic E-state index is 12.9. The number of hydrogen-bond acceptors (Lipinski definition) is 6. The average molecular weight is 604 g/mol. The zero-order chi connectivity index (χ0) is 29.7. The summed E-state index contributed by atoms with van der Waals surface area (Å²) < 4.78 is 16.1. The highest BCUT2D eigenvalue weighted by atomic mass is 32.1. The van der Waals surface area contributed by atoms with E-state index in [9.17, 15) is 14.1 Å². The molecule has 0 radical (unpaired) electrons. The fourth-order valence-electron chi connectivity index (χ4n) is 6.80. The van der Waals surface area contributed by atoms with Gasteiger partial charge in [0, 0.05) is 16.6 Å². The Bertz CT molecular complexity index is 1770. The van der Waals surface area contributed by atoms with Crippen LogP contribution in [-0.2, 0) is 22.7 Å². The predicted molar refractivity (Wildman–Crippen MR) is 168 cm³/mol. The molecule has 4 heterocycles. The molecule has 2 N–H and O–H groups in total. The lowest BCUT2D eigenvalue weighted by atomic mass is 9.81. The standard InChI is InChI=1S/C33H34FN3O3S2/c1-17-10-13-24-25(23(17)12-11-18(2)30-19(3)36-20(4)41-30)14-22(32(35)38)16-37-26-15-27(33(39)40-34)42-31(26)28(29(24)37)21-8-6-5-7-9-21/h10-13,15,21-22H,2,5-9,14,16H2,1,3-4H3,(H2,35,38)/b12-11-. The number of allylic oxidation sites excluding steroid dienone is 2. The minimum absolute atomic E-state index is 0.217. The van der Waals surface area contributed by atoms with Crippen molar-refractivity contribution in [2.45, 2.75) is 71.8 Å². The summed E-state index contributed by atoms with van der Waals surface area (Å²) in [6.07, 6.45) is 10.2. The lowest BCUT2D eigenvalue weighted by Crippen LogP contribution is -2.28. The molecule has 0 saturated heterocycles. The molecular weight excluding hydrogens is 570 g/mol. The molecule has 1 saturated carbocycles. The summed E-state index contributed by atoms with van der Waals surface area (Å²) in [6.45, 7) is 10.8. The van der Waals surface area contributed by atoms with Crippen molar-refractivity contribution in [2.24, 2.45) is 11.7 Å². The second-order valence-corrected chi connectivity index (χ2v) is 13.8. The molecular formula is C33H34FN3O3S2. The quantitative estimate of drug-likeness (QED) is 0.225. The van der Waals surface area contributed by atoms with Gasteiger partial charge in [-0.05, 0) is 79.8 Å². The van der Waals surface area contributed by atoms with Gasteiger partial charge in [-0.25, -0.2) is 14.7 Å². The predicted octanol–water partition coefficient (Wildman–Crippen LogP) is 8.22. The topological polar surface area (TPSA) is 87.2 Å². The van der Waals surface area contributed by atoms with E-state index in [1.807, 2.05) is 19.9 Å². The van der Waals surface area contributed by atoms with Crippen LogP contribution in [0, 0.1) is 26.7 Å². The number of thiazole rings is 1. The first-order valence-corrected chi connectivity index (χ1v) is 16.0. The molecule has 1 aromatic carbocycles. The van der Waals surface area contributed by atoms with Crippen molar-refractivity contribution < 1.29 is 19.1 Å². The number of carbonyl (C=O) groups is 2. The van der Waals surface area contributed by atoms with E-state index in [1.54, 1.807) is 17.4 Å². The zero-order valence-corrected chi connectivity index (χ0v) is 25.7. The Hall–Kier alpha value is -3.56. The van der Waals surface area contributed by atoms with E-state index >= 15 is 0 Å². The molecule has 1 aliphatic heterocycles. The maximum Gasteiger partial charge on any atom is 0.389 e. The number of hydrogen-bond donors (Lipinski definition) is 1. The third-order valence-electron chi connectivity index (χ3n) is 8.79. The van der Waals surface area contributed by atoms with Crippen LogP contribution in [0.1, 0.15) is 85.5 Å². The van der Waals surface area contributed by atoms with Gasteiger partial charge in [0.15, 0.2) is 0 Å². The number of aromatic nitrogens is 2. The van der Waals surface area contributed by atoms with Crippen LogP contribution in [0.4, 0.5) is 4.53 Å². The summed E-state index contributed by atoms with van der Waals surface area (Å²) in [7, 11) is 0. The molecule has 2 aliphatic rings. The number of aryl methyl sites for hydroxylation is 3. The Labute approximate surface area is 252 Å². The van der Waals surface area contributed by atoms with Gasteiger partial charge in [-0.3, -0.25) is 4.79 Å². The Morgan fingerprint density at radius 3 is 2.60 bits per heavy atom. The van der Waals surface area contributed by atoms with Gasteiger partial charge in [0.2, 0.25) is 5.91 Å². The first-order valence-electron chi connectivity index (χ1n) is 14.4. The van der Waals surface area contributed by atoms with E-state index in [0.717, 1.165) is 85.0 Å². The SMILES string of the molecule is C=C(/C=C\c1c(C)ccc2c1CC(C(N)=O)Cn1c-2c(C2CCCCC2)c2sc(C(=O)OF)cc21)c1sc(C)nc1C. The molecule has 9 heteroatoms. The first-order chi connectivity index (χ1) is 20.2. The van der Waals surface area contributed by atoms with Crippen LogP contribution in [0.5, 0.6) is 0 Å². The molecule has 4 aromatic rings. The van der Waals surface area contributed by atoms with E-state index in [2.05, 4.69) is 46.2 Å². The highest BCUT2D eigenvalue weighted by Crippen LogP contribution is 2.49. The van der Waals surface area contributed by atoms with Crippen molar-refractivity contribution in [1.82, 2.24) is 9.55 Å². The van der Waals surface area contributed by atoms with Crippen molar-refractivity contribution in [2.75, 3.05) is 0 Å².